The van der Waals surface area contributed by atoms with E-state index in [-0.39, 0.29) is 0 Å². The summed E-state index contributed by atoms with van der Waals surface area (Å²) in [4.78, 5) is 0. The zero-order valence-electron chi connectivity index (χ0n) is 9.67. The van der Waals surface area contributed by atoms with Crippen LogP contribution in [0, 0.1) is 17.2 Å². The van der Waals surface area contributed by atoms with E-state index in [2.05, 4.69) is 16.7 Å². The summed E-state index contributed by atoms with van der Waals surface area (Å²) >= 11 is 5.85. The van der Waals surface area contributed by atoms with Crippen molar-refractivity contribution in [3.05, 3.63) is 28.8 Å². The van der Waals surface area contributed by atoms with Crippen LogP contribution >= 0.6 is 11.6 Å². The van der Waals surface area contributed by atoms with Gasteiger partial charge in [-0.1, -0.05) is 11.6 Å². The number of nitriles is 1. The number of benzene rings is 1. The van der Waals surface area contributed by atoms with Crippen molar-refractivity contribution in [3.63, 3.8) is 0 Å². The van der Waals surface area contributed by atoms with Crippen molar-refractivity contribution in [1.82, 2.24) is 5.32 Å². The van der Waals surface area contributed by atoms with Crippen LogP contribution < -0.4 is 10.6 Å². The highest BCUT2D eigenvalue weighted by Gasteiger charge is 2.13. The first-order valence-electron chi connectivity index (χ1n) is 5.94. The molecule has 0 saturated carbocycles. The highest BCUT2D eigenvalue weighted by atomic mass is 35.5. The minimum absolute atomic E-state index is 0.604. The Hall–Kier alpha value is -1.24. The smallest absolute Gasteiger partial charge is 0.101 e. The van der Waals surface area contributed by atoms with Gasteiger partial charge in [-0.05, 0) is 50.0 Å². The monoisotopic (exact) mass is 249 g/mol. The van der Waals surface area contributed by atoms with Crippen molar-refractivity contribution < 1.29 is 0 Å². The van der Waals surface area contributed by atoms with E-state index < -0.39 is 0 Å². The first kappa shape index (κ1) is 12.2. The average molecular weight is 250 g/mol. The lowest BCUT2D eigenvalue weighted by molar-refractivity contribution is 0.549. The minimum Gasteiger partial charge on any atom is -0.384 e. The molecule has 2 N–H and O–H groups in total. The predicted octanol–water partition coefficient (Wildman–Crippen LogP) is 2.62. The molecular formula is C13H16ClN3. The van der Waals surface area contributed by atoms with Gasteiger partial charge in [0.2, 0.25) is 0 Å². The Kier molecular flexibility index (Phi) is 4.24. The van der Waals surface area contributed by atoms with E-state index in [1.807, 2.05) is 12.1 Å². The lowest BCUT2D eigenvalue weighted by Gasteiger charge is -2.11. The highest BCUT2D eigenvalue weighted by molar-refractivity contribution is 6.30. The van der Waals surface area contributed by atoms with Gasteiger partial charge in [-0.2, -0.15) is 5.26 Å². The van der Waals surface area contributed by atoms with Crippen LogP contribution in [0.1, 0.15) is 18.4 Å². The maximum absolute atomic E-state index is 9.00. The molecule has 1 fully saturated rings. The molecule has 1 aliphatic heterocycles. The predicted molar refractivity (Wildman–Crippen MR) is 70.3 cm³/mol. The summed E-state index contributed by atoms with van der Waals surface area (Å²) in [6, 6.07) is 7.53. The minimum atomic E-state index is 0.604. The summed E-state index contributed by atoms with van der Waals surface area (Å²) in [5.74, 6) is 0.764. The zero-order valence-corrected chi connectivity index (χ0v) is 10.4. The molecule has 0 spiro atoms. The van der Waals surface area contributed by atoms with E-state index in [0.717, 1.165) is 37.7 Å². The average Bonchev–Trinajstić information content (AvgIpc) is 2.84. The SMILES string of the molecule is N#Cc1cc(Cl)ccc1NCCC1CCNC1. The van der Waals surface area contributed by atoms with E-state index in [1.165, 1.54) is 6.42 Å². The van der Waals surface area contributed by atoms with E-state index in [9.17, 15) is 0 Å². The molecule has 2 rings (SSSR count). The number of rotatable bonds is 4. The normalized spacial score (nSPS) is 18.9. The lowest BCUT2D eigenvalue weighted by Crippen LogP contribution is -2.13. The Morgan fingerprint density at radius 1 is 1.53 bits per heavy atom. The molecule has 1 saturated heterocycles. The molecule has 0 bridgehead atoms. The number of hydrogen-bond acceptors (Lipinski definition) is 3. The molecule has 0 radical (unpaired) electrons. The molecule has 0 aliphatic carbocycles. The quantitative estimate of drug-likeness (QED) is 0.863. The van der Waals surface area contributed by atoms with E-state index >= 15 is 0 Å². The van der Waals surface area contributed by atoms with Crippen LogP contribution in [0.25, 0.3) is 0 Å². The fraction of sp³-hybridized carbons (Fsp3) is 0.462. The van der Waals surface area contributed by atoms with Gasteiger partial charge in [-0.3, -0.25) is 0 Å². The third-order valence-electron chi connectivity index (χ3n) is 3.13. The standard InChI is InChI=1S/C13H16ClN3/c14-12-1-2-13(11(7-12)8-15)17-6-4-10-3-5-16-9-10/h1-2,7,10,16-17H,3-6,9H2. The van der Waals surface area contributed by atoms with Crippen LogP contribution in [0.4, 0.5) is 5.69 Å². The summed E-state index contributed by atoms with van der Waals surface area (Å²) in [7, 11) is 0. The molecule has 1 aromatic carbocycles. The van der Waals surface area contributed by atoms with Gasteiger partial charge >= 0.3 is 0 Å². The second-order valence-electron chi connectivity index (χ2n) is 4.38. The van der Waals surface area contributed by atoms with Crippen molar-refractivity contribution in [3.8, 4) is 6.07 Å². The Morgan fingerprint density at radius 3 is 3.12 bits per heavy atom. The van der Waals surface area contributed by atoms with Crippen LogP contribution in [0.2, 0.25) is 5.02 Å². The number of nitrogens with one attached hydrogen (secondary N) is 2. The molecule has 1 aromatic rings. The Bertz CT molecular complexity index is 419. The second-order valence-corrected chi connectivity index (χ2v) is 4.81. The van der Waals surface area contributed by atoms with Gasteiger partial charge in [-0.15, -0.1) is 0 Å². The fourth-order valence-electron chi connectivity index (χ4n) is 2.13. The largest absolute Gasteiger partial charge is 0.384 e. The molecule has 90 valence electrons. The van der Waals surface area contributed by atoms with Crippen LogP contribution in [-0.4, -0.2) is 19.6 Å². The summed E-state index contributed by atoms with van der Waals surface area (Å²) in [6.45, 7) is 3.16. The summed E-state index contributed by atoms with van der Waals surface area (Å²) < 4.78 is 0. The van der Waals surface area contributed by atoms with Crippen molar-refractivity contribution >= 4 is 17.3 Å². The van der Waals surface area contributed by atoms with Crippen molar-refractivity contribution in [2.45, 2.75) is 12.8 Å². The van der Waals surface area contributed by atoms with Crippen LogP contribution in [-0.2, 0) is 0 Å². The van der Waals surface area contributed by atoms with Gasteiger partial charge in [0.1, 0.15) is 6.07 Å². The van der Waals surface area contributed by atoms with Crippen LogP contribution in [0.3, 0.4) is 0 Å². The topological polar surface area (TPSA) is 47.9 Å². The van der Waals surface area contributed by atoms with Crippen molar-refractivity contribution in [2.75, 3.05) is 25.0 Å². The molecule has 3 nitrogen and oxygen atoms in total. The van der Waals surface area contributed by atoms with Crippen molar-refractivity contribution in [1.29, 1.82) is 5.26 Å². The van der Waals surface area contributed by atoms with Gasteiger partial charge in [0, 0.05) is 11.6 Å². The molecule has 1 aliphatic rings. The maximum Gasteiger partial charge on any atom is 0.101 e. The third-order valence-corrected chi connectivity index (χ3v) is 3.37. The van der Waals surface area contributed by atoms with Crippen LogP contribution in [0.5, 0.6) is 0 Å². The highest BCUT2D eigenvalue weighted by Crippen LogP contribution is 2.20. The van der Waals surface area contributed by atoms with Gasteiger partial charge in [0.15, 0.2) is 0 Å². The molecule has 4 heteroatoms. The van der Waals surface area contributed by atoms with Gasteiger partial charge in [0.05, 0.1) is 11.3 Å². The summed E-state index contributed by atoms with van der Waals surface area (Å²) in [6.07, 6.45) is 2.40. The summed E-state index contributed by atoms with van der Waals surface area (Å²) in [5.41, 5.74) is 1.49. The number of anilines is 1. The van der Waals surface area contributed by atoms with Gasteiger partial charge in [0.25, 0.3) is 0 Å². The Balaban J connectivity index is 1.88. The summed E-state index contributed by atoms with van der Waals surface area (Å²) in [5, 5.41) is 16.3. The maximum atomic E-state index is 9.00. The number of halogens is 1. The Morgan fingerprint density at radius 2 is 2.41 bits per heavy atom. The fourth-order valence-corrected chi connectivity index (χ4v) is 2.31. The van der Waals surface area contributed by atoms with Crippen molar-refractivity contribution in [2.24, 2.45) is 5.92 Å². The van der Waals surface area contributed by atoms with Gasteiger partial charge < -0.3 is 10.6 Å². The lowest BCUT2D eigenvalue weighted by atomic mass is 10.1. The second kappa shape index (κ2) is 5.90. The molecule has 0 amide bonds. The first-order chi connectivity index (χ1) is 8.29. The third kappa shape index (κ3) is 3.36. The molecule has 1 unspecified atom stereocenters. The van der Waals surface area contributed by atoms with E-state index in [1.54, 1.807) is 6.07 Å². The molecule has 17 heavy (non-hydrogen) atoms. The molecule has 1 atom stereocenters. The van der Waals surface area contributed by atoms with Gasteiger partial charge in [-0.25, -0.2) is 0 Å². The first-order valence-corrected chi connectivity index (χ1v) is 6.31. The van der Waals surface area contributed by atoms with E-state index in [4.69, 9.17) is 16.9 Å². The van der Waals surface area contributed by atoms with E-state index in [0.29, 0.717) is 10.6 Å². The number of hydrogen-bond donors (Lipinski definition) is 2. The Labute approximate surface area is 107 Å². The number of nitrogens with zero attached hydrogens (tertiary/aromatic N) is 1. The zero-order chi connectivity index (χ0) is 12.1. The molecular weight excluding hydrogens is 234 g/mol. The molecule has 1 heterocycles. The van der Waals surface area contributed by atoms with Crippen LogP contribution in [0.15, 0.2) is 18.2 Å². The molecule has 0 aromatic heterocycles.